The van der Waals surface area contributed by atoms with Gasteiger partial charge >= 0.3 is 18.0 Å². The number of hydrogen-bond acceptors (Lipinski definition) is 9. The number of carbonyl (C=O) groups is 2. The number of ether oxygens (including phenoxy) is 2. The molecule has 2 aromatic heterocycles. The normalized spacial score (nSPS) is 11.9. The highest BCUT2D eigenvalue weighted by Gasteiger charge is 2.24. The lowest BCUT2D eigenvalue weighted by Crippen LogP contribution is -2.30. The number of nitrogens with one attached hydrogen (secondary N) is 2. The van der Waals surface area contributed by atoms with Gasteiger partial charge in [-0.2, -0.15) is 9.97 Å². The van der Waals surface area contributed by atoms with Gasteiger partial charge in [0.1, 0.15) is 5.82 Å². The van der Waals surface area contributed by atoms with Crippen LogP contribution in [0.4, 0.5) is 21.4 Å². The average Bonchev–Trinajstić information content (AvgIpc) is 3.20. The Morgan fingerprint density at radius 2 is 1.85 bits per heavy atom. The van der Waals surface area contributed by atoms with Crippen molar-refractivity contribution in [3.8, 4) is 11.9 Å². The number of aromatic nitrogens is 3. The first-order valence-electron chi connectivity index (χ1n) is 9.57. The Balaban J connectivity index is 0.00000204. The SMILES string of the molecule is COc1cc(N2CCc3nc(NC(=O)Nc4ccccc4C(=O)O)sc3C2)nc(OC)n1.Cl.Cl. The monoisotopic (exact) mass is 528 g/mol. The summed E-state index contributed by atoms with van der Waals surface area (Å²) in [7, 11) is 3.02. The predicted molar refractivity (Wildman–Crippen MR) is 133 cm³/mol. The number of methoxy groups -OCH3 is 2. The molecule has 1 aliphatic heterocycles. The van der Waals surface area contributed by atoms with Crippen molar-refractivity contribution >= 4 is 64.8 Å². The third-order valence-electron chi connectivity index (χ3n) is 4.74. The molecule has 0 atom stereocenters. The van der Waals surface area contributed by atoms with Crippen LogP contribution < -0.4 is 25.0 Å². The largest absolute Gasteiger partial charge is 0.481 e. The van der Waals surface area contributed by atoms with Crippen molar-refractivity contribution in [3.63, 3.8) is 0 Å². The summed E-state index contributed by atoms with van der Waals surface area (Å²) in [5.41, 5.74) is 1.12. The molecular formula is C20H22Cl2N6O5S. The summed E-state index contributed by atoms with van der Waals surface area (Å²) in [5.74, 6) is -0.0448. The molecule has 0 saturated carbocycles. The number of thiazole rings is 1. The van der Waals surface area contributed by atoms with E-state index in [9.17, 15) is 14.7 Å². The van der Waals surface area contributed by atoms with Gasteiger partial charge in [0.05, 0.1) is 37.7 Å². The molecule has 0 aliphatic carbocycles. The second-order valence-corrected chi connectivity index (χ2v) is 7.83. The lowest BCUT2D eigenvalue weighted by atomic mass is 10.2. The minimum Gasteiger partial charge on any atom is -0.481 e. The van der Waals surface area contributed by atoms with E-state index >= 15 is 0 Å². The molecule has 34 heavy (non-hydrogen) atoms. The van der Waals surface area contributed by atoms with E-state index in [1.54, 1.807) is 18.2 Å². The van der Waals surface area contributed by atoms with Gasteiger partial charge in [0.25, 0.3) is 0 Å². The van der Waals surface area contributed by atoms with E-state index in [-0.39, 0.29) is 42.1 Å². The van der Waals surface area contributed by atoms with Gasteiger partial charge in [-0.15, -0.1) is 24.8 Å². The van der Waals surface area contributed by atoms with Gasteiger partial charge in [0.2, 0.25) is 5.88 Å². The number of anilines is 3. The molecule has 1 aliphatic rings. The number of halogens is 2. The maximum atomic E-state index is 12.4. The Labute approximate surface area is 211 Å². The lowest BCUT2D eigenvalue weighted by Gasteiger charge is -2.27. The van der Waals surface area contributed by atoms with Gasteiger partial charge < -0.3 is 24.8 Å². The maximum absolute atomic E-state index is 12.4. The van der Waals surface area contributed by atoms with Crippen LogP contribution in [0.1, 0.15) is 20.9 Å². The van der Waals surface area contributed by atoms with Crippen LogP contribution in [0.25, 0.3) is 0 Å². The summed E-state index contributed by atoms with van der Waals surface area (Å²) in [5, 5.41) is 14.9. The van der Waals surface area contributed by atoms with Crippen LogP contribution in [0.2, 0.25) is 0 Å². The summed E-state index contributed by atoms with van der Waals surface area (Å²) in [6.45, 7) is 1.24. The molecule has 2 amide bonds. The van der Waals surface area contributed by atoms with Gasteiger partial charge in [0, 0.05) is 23.9 Å². The fraction of sp³-hybridized carbons (Fsp3) is 0.250. The first-order chi connectivity index (χ1) is 15.5. The number of rotatable bonds is 6. The zero-order valence-electron chi connectivity index (χ0n) is 18.1. The molecule has 3 N–H and O–H groups in total. The second-order valence-electron chi connectivity index (χ2n) is 6.75. The van der Waals surface area contributed by atoms with E-state index in [0.717, 1.165) is 10.6 Å². The Hall–Kier alpha value is -3.35. The zero-order chi connectivity index (χ0) is 22.7. The highest BCUT2D eigenvalue weighted by Crippen LogP contribution is 2.31. The molecule has 3 aromatic rings. The van der Waals surface area contributed by atoms with Gasteiger partial charge in [-0.1, -0.05) is 23.5 Å². The third-order valence-corrected chi connectivity index (χ3v) is 5.74. The summed E-state index contributed by atoms with van der Waals surface area (Å²) >= 11 is 1.36. The molecule has 3 heterocycles. The highest BCUT2D eigenvalue weighted by molar-refractivity contribution is 7.15. The van der Waals surface area contributed by atoms with Crippen molar-refractivity contribution in [3.05, 3.63) is 46.5 Å². The van der Waals surface area contributed by atoms with Crippen LogP contribution in [-0.4, -0.2) is 52.8 Å². The summed E-state index contributed by atoms with van der Waals surface area (Å²) in [6.07, 6.45) is 0.672. The number of amides is 2. The van der Waals surface area contributed by atoms with Crippen LogP contribution in [0.5, 0.6) is 11.9 Å². The Kier molecular flexibility index (Phi) is 9.24. The fourth-order valence-electron chi connectivity index (χ4n) is 3.22. The van der Waals surface area contributed by atoms with Crippen molar-refractivity contribution in [1.29, 1.82) is 0 Å². The second kappa shape index (κ2) is 11.7. The van der Waals surface area contributed by atoms with E-state index < -0.39 is 12.0 Å². The molecule has 0 radical (unpaired) electrons. The van der Waals surface area contributed by atoms with Crippen LogP contribution in [0.3, 0.4) is 0 Å². The number of nitrogens with zero attached hydrogens (tertiary/aromatic N) is 4. The van der Waals surface area contributed by atoms with E-state index in [0.29, 0.717) is 36.3 Å². The van der Waals surface area contributed by atoms with Crippen molar-refractivity contribution in [2.24, 2.45) is 0 Å². The summed E-state index contributed by atoms with van der Waals surface area (Å²) < 4.78 is 10.4. The minimum atomic E-state index is -1.12. The first-order valence-corrected chi connectivity index (χ1v) is 10.4. The Morgan fingerprint density at radius 1 is 1.09 bits per heavy atom. The van der Waals surface area contributed by atoms with Gasteiger partial charge in [-0.25, -0.2) is 14.6 Å². The number of benzene rings is 1. The van der Waals surface area contributed by atoms with Crippen LogP contribution in [-0.2, 0) is 13.0 Å². The number of urea groups is 1. The predicted octanol–water partition coefficient (Wildman–Crippen LogP) is 3.70. The molecule has 0 fully saturated rings. The molecule has 0 bridgehead atoms. The molecule has 11 nitrogen and oxygen atoms in total. The number of hydrogen-bond donors (Lipinski definition) is 3. The lowest BCUT2D eigenvalue weighted by molar-refractivity contribution is 0.0698. The number of carbonyl (C=O) groups excluding carboxylic acids is 1. The minimum absolute atomic E-state index is 0. The fourth-order valence-corrected chi connectivity index (χ4v) is 4.24. The number of carboxylic acids is 1. The number of para-hydroxylation sites is 1. The van der Waals surface area contributed by atoms with Gasteiger partial charge in [-0.05, 0) is 12.1 Å². The van der Waals surface area contributed by atoms with Gasteiger partial charge in [0.15, 0.2) is 5.13 Å². The molecule has 1 aromatic carbocycles. The van der Waals surface area contributed by atoms with Crippen molar-refractivity contribution < 1.29 is 24.2 Å². The van der Waals surface area contributed by atoms with E-state index in [2.05, 4.69) is 30.5 Å². The van der Waals surface area contributed by atoms with Crippen molar-refractivity contribution in [2.45, 2.75) is 13.0 Å². The topological polar surface area (TPSA) is 139 Å². The molecular weight excluding hydrogens is 507 g/mol. The Morgan fingerprint density at radius 3 is 2.56 bits per heavy atom. The molecule has 0 spiro atoms. The van der Waals surface area contributed by atoms with Crippen molar-refractivity contribution in [1.82, 2.24) is 15.0 Å². The van der Waals surface area contributed by atoms with Crippen LogP contribution in [0, 0.1) is 0 Å². The van der Waals surface area contributed by atoms with Crippen LogP contribution >= 0.6 is 36.2 Å². The van der Waals surface area contributed by atoms with E-state index in [1.165, 1.54) is 37.7 Å². The zero-order valence-corrected chi connectivity index (χ0v) is 20.6. The molecule has 0 unspecified atom stereocenters. The quantitative estimate of drug-likeness (QED) is 0.436. The van der Waals surface area contributed by atoms with E-state index in [4.69, 9.17) is 9.47 Å². The van der Waals surface area contributed by atoms with Gasteiger partial charge in [-0.3, -0.25) is 5.32 Å². The number of carboxylic acid groups (broad SMARTS) is 1. The average molecular weight is 529 g/mol. The standard InChI is InChI=1S/C20H20N6O5S.2ClH/c1-30-16-9-15(23-19(24-16)31-2)26-8-7-13-14(10-26)32-20(22-13)25-18(29)21-12-6-4-3-5-11(12)17(27)28;;/h3-6,9H,7-8,10H2,1-2H3,(H,27,28)(H2,21,22,25,29);2*1H. The third kappa shape index (κ3) is 5.95. The smallest absolute Gasteiger partial charge is 0.337 e. The highest BCUT2D eigenvalue weighted by atomic mass is 35.5. The van der Waals surface area contributed by atoms with Crippen molar-refractivity contribution in [2.75, 3.05) is 36.3 Å². The number of fused-ring (bicyclic) bond motifs is 1. The number of aromatic carboxylic acids is 1. The molecule has 4 rings (SSSR count). The molecule has 182 valence electrons. The molecule has 14 heteroatoms. The maximum Gasteiger partial charge on any atom is 0.337 e. The first kappa shape index (κ1) is 26.9. The summed E-state index contributed by atoms with van der Waals surface area (Å²) in [6, 6.07) is 7.58. The Bertz CT molecular complexity index is 1160. The molecule has 0 saturated heterocycles. The summed E-state index contributed by atoms with van der Waals surface area (Å²) in [4.78, 5) is 39.8. The van der Waals surface area contributed by atoms with Crippen LogP contribution in [0.15, 0.2) is 30.3 Å². The van der Waals surface area contributed by atoms with E-state index in [1.807, 2.05) is 0 Å².